The molecule has 0 saturated carbocycles. The van der Waals surface area contributed by atoms with Gasteiger partial charge in [0.1, 0.15) is 18.1 Å². The molecule has 20 heavy (non-hydrogen) atoms. The summed E-state index contributed by atoms with van der Waals surface area (Å²) in [5.74, 6) is 1.65. The third-order valence-corrected chi connectivity index (χ3v) is 2.99. The SMILES string of the molecule is COc1cccc(COc2ccc(CC(N)=S)cc2)c1. The standard InChI is InChI=1S/C16H17NO2S/c1-18-15-4-2-3-13(9-15)11-19-14-7-5-12(6-8-14)10-16(17)20/h2-9H,10-11H2,1H3,(H2,17,20). The molecule has 3 nitrogen and oxygen atoms in total. The second kappa shape index (κ2) is 6.91. The highest BCUT2D eigenvalue weighted by molar-refractivity contribution is 7.80. The number of nitrogens with two attached hydrogens (primary N) is 1. The molecule has 2 aromatic carbocycles. The van der Waals surface area contributed by atoms with E-state index in [-0.39, 0.29) is 0 Å². The van der Waals surface area contributed by atoms with Crippen molar-refractivity contribution in [2.24, 2.45) is 5.73 Å². The molecule has 0 saturated heterocycles. The Bertz CT molecular complexity index is 581. The molecule has 0 spiro atoms. The average molecular weight is 287 g/mol. The molecule has 0 unspecified atom stereocenters. The van der Waals surface area contributed by atoms with Gasteiger partial charge in [-0.05, 0) is 35.4 Å². The van der Waals surface area contributed by atoms with Crippen LogP contribution in [-0.2, 0) is 13.0 Å². The van der Waals surface area contributed by atoms with Crippen LogP contribution < -0.4 is 15.2 Å². The summed E-state index contributed by atoms with van der Waals surface area (Å²) in [6.45, 7) is 0.506. The van der Waals surface area contributed by atoms with Crippen molar-refractivity contribution in [2.45, 2.75) is 13.0 Å². The number of thiocarbonyl (C=S) groups is 1. The van der Waals surface area contributed by atoms with E-state index in [1.54, 1.807) is 7.11 Å². The number of benzene rings is 2. The molecule has 2 N–H and O–H groups in total. The molecular formula is C16H17NO2S. The highest BCUT2D eigenvalue weighted by atomic mass is 32.1. The molecule has 0 aliphatic carbocycles. The minimum Gasteiger partial charge on any atom is -0.497 e. The van der Waals surface area contributed by atoms with Crippen LogP contribution in [0.15, 0.2) is 48.5 Å². The van der Waals surface area contributed by atoms with Crippen LogP contribution in [0.5, 0.6) is 11.5 Å². The topological polar surface area (TPSA) is 44.5 Å². The summed E-state index contributed by atoms with van der Waals surface area (Å²) in [5, 5.41) is 0. The molecule has 0 aromatic heterocycles. The third kappa shape index (κ3) is 4.24. The summed E-state index contributed by atoms with van der Waals surface area (Å²) < 4.78 is 10.9. The maximum absolute atomic E-state index is 5.73. The van der Waals surface area contributed by atoms with Gasteiger partial charge < -0.3 is 15.2 Å². The molecule has 0 aliphatic heterocycles. The van der Waals surface area contributed by atoms with Crippen LogP contribution in [-0.4, -0.2) is 12.1 Å². The molecule has 0 aliphatic rings. The Morgan fingerprint density at radius 3 is 2.45 bits per heavy atom. The van der Waals surface area contributed by atoms with Gasteiger partial charge in [-0.15, -0.1) is 0 Å². The predicted molar refractivity (Wildman–Crippen MR) is 84.3 cm³/mol. The van der Waals surface area contributed by atoms with Gasteiger partial charge in [-0.1, -0.05) is 36.5 Å². The highest BCUT2D eigenvalue weighted by Crippen LogP contribution is 2.17. The number of hydrogen-bond acceptors (Lipinski definition) is 3. The molecule has 2 rings (SSSR count). The molecule has 0 fully saturated rings. The van der Waals surface area contributed by atoms with Gasteiger partial charge in [0.15, 0.2) is 0 Å². The summed E-state index contributed by atoms with van der Waals surface area (Å²) >= 11 is 4.88. The van der Waals surface area contributed by atoms with E-state index in [2.05, 4.69) is 0 Å². The van der Waals surface area contributed by atoms with Crippen LogP contribution in [0.3, 0.4) is 0 Å². The number of hydrogen-bond donors (Lipinski definition) is 1. The Morgan fingerprint density at radius 2 is 1.80 bits per heavy atom. The van der Waals surface area contributed by atoms with Crippen LogP contribution in [0.1, 0.15) is 11.1 Å². The van der Waals surface area contributed by atoms with Gasteiger partial charge in [-0.3, -0.25) is 0 Å². The number of rotatable bonds is 6. The monoisotopic (exact) mass is 287 g/mol. The lowest BCUT2D eigenvalue weighted by Crippen LogP contribution is -2.10. The highest BCUT2D eigenvalue weighted by Gasteiger charge is 2.00. The predicted octanol–water partition coefficient (Wildman–Crippen LogP) is 3.10. The van der Waals surface area contributed by atoms with Crippen molar-refractivity contribution >= 4 is 17.2 Å². The Kier molecular flexibility index (Phi) is 4.96. The Balaban J connectivity index is 1.94. The Labute approximate surface area is 124 Å². The van der Waals surface area contributed by atoms with Gasteiger partial charge >= 0.3 is 0 Å². The lowest BCUT2D eigenvalue weighted by Gasteiger charge is -2.08. The van der Waals surface area contributed by atoms with Crippen LogP contribution in [0, 0.1) is 0 Å². The first-order valence-corrected chi connectivity index (χ1v) is 6.71. The summed E-state index contributed by atoms with van der Waals surface area (Å²) in [6, 6.07) is 15.6. The van der Waals surface area contributed by atoms with E-state index in [9.17, 15) is 0 Å². The van der Waals surface area contributed by atoms with E-state index >= 15 is 0 Å². The summed E-state index contributed by atoms with van der Waals surface area (Å²) in [4.78, 5) is 0.495. The molecule has 0 radical (unpaired) electrons. The first kappa shape index (κ1) is 14.3. The van der Waals surface area contributed by atoms with Gasteiger partial charge in [-0.25, -0.2) is 0 Å². The quantitative estimate of drug-likeness (QED) is 0.829. The lowest BCUT2D eigenvalue weighted by molar-refractivity contribution is 0.305. The van der Waals surface area contributed by atoms with Crippen molar-refractivity contribution in [3.05, 3.63) is 59.7 Å². The van der Waals surface area contributed by atoms with Gasteiger partial charge in [0, 0.05) is 6.42 Å². The van der Waals surface area contributed by atoms with E-state index < -0.39 is 0 Å². The molecule has 4 heteroatoms. The zero-order valence-corrected chi connectivity index (χ0v) is 12.2. The third-order valence-electron chi connectivity index (χ3n) is 2.84. The maximum Gasteiger partial charge on any atom is 0.119 e. The summed E-state index contributed by atoms with van der Waals surface area (Å²) in [7, 11) is 1.65. The fourth-order valence-electron chi connectivity index (χ4n) is 1.83. The van der Waals surface area contributed by atoms with Crippen molar-refractivity contribution in [1.82, 2.24) is 0 Å². The molecule has 104 valence electrons. The maximum atomic E-state index is 5.73. The zero-order valence-electron chi connectivity index (χ0n) is 11.3. The van der Waals surface area contributed by atoms with Crippen LogP contribution in [0.25, 0.3) is 0 Å². The first-order chi connectivity index (χ1) is 9.67. The van der Waals surface area contributed by atoms with Crippen molar-refractivity contribution in [3.63, 3.8) is 0 Å². The second-order valence-electron chi connectivity index (χ2n) is 4.43. The smallest absolute Gasteiger partial charge is 0.119 e. The van der Waals surface area contributed by atoms with E-state index in [0.717, 1.165) is 22.6 Å². The molecule has 0 amide bonds. The molecule has 2 aromatic rings. The first-order valence-electron chi connectivity index (χ1n) is 6.30. The van der Waals surface area contributed by atoms with Crippen molar-refractivity contribution in [1.29, 1.82) is 0 Å². The fraction of sp³-hybridized carbons (Fsp3) is 0.188. The minimum atomic E-state index is 0.495. The average Bonchev–Trinajstić information content (AvgIpc) is 2.46. The largest absolute Gasteiger partial charge is 0.497 e. The van der Waals surface area contributed by atoms with E-state index in [4.69, 9.17) is 27.4 Å². The van der Waals surface area contributed by atoms with E-state index in [1.165, 1.54) is 0 Å². The summed E-state index contributed by atoms with van der Waals surface area (Å²) in [5.41, 5.74) is 7.67. The van der Waals surface area contributed by atoms with Gasteiger partial charge in [-0.2, -0.15) is 0 Å². The van der Waals surface area contributed by atoms with Gasteiger partial charge in [0.05, 0.1) is 12.1 Å². The molecule has 0 bridgehead atoms. The van der Waals surface area contributed by atoms with Crippen molar-refractivity contribution < 1.29 is 9.47 Å². The Hall–Kier alpha value is -2.07. The van der Waals surface area contributed by atoms with Gasteiger partial charge in [0.2, 0.25) is 0 Å². The number of methoxy groups -OCH3 is 1. The fourth-order valence-corrected chi connectivity index (χ4v) is 2.00. The zero-order chi connectivity index (χ0) is 14.4. The molecular weight excluding hydrogens is 270 g/mol. The van der Waals surface area contributed by atoms with Gasteiger partial charge in [0.25, 0.3) is 0 Å². The van der Waals surface area contributed by atoms with E-state index in [0.29, 0.717) is 18.0 Å². The Morgan fingerprint density at radius 1 is 1.05 bits per heavy atom. The summed E-state index contributed by atoms with van der Waals surface area (Å²) in [6.07, 6.45) is 0.617. The lowest BCUT2D eigenvalue weighted by atomic mass is 10.1. The van der Waals surface area contributed by atoms with Crippen LogP contribution in [0.4, 0.5) is 0 Å². The normalized spacial score (nSPS) is 10.1. The van der Waals surface area contributed by atoms with Crippen LogP contribution in [0.2, 0.25) is 0 Å². The van der Waals surface area contributed by atoms with E-state index in [1.807, 2.05) is 48.5 Å². The van der Waals surface area contributed by atoms with Crippen LogP contribution >= 0.6 is 12.2 Å². The van der Waals surface area contributed by atoms with Crippen molar-refractivity contribution in [2.75, 3.05) is 7.11 Å². The van der Waals surface area contributed by atoms with Crippen molar-refractivity contribution in [3.8, 4) is 11.5 Å². The number of ether oxygens (including phenoxy) is 2. The molecule has 0 heterocycles. The molecule has 0 atom stereocenters. The second-order valence-corrected chi connectivity index (χ2v) is 4.95. The minimum absolute atomic E-state index is 0.495.